The molecule has 2 rings (SSSR count). The summed E-state index contributed by atoms with van der Waals surface area (Å²) in [6.07, 6.45) is 0. The van der Waals surface area contributed by atoms with E-state index in [0.29, 0.717) is 10.8 Å². The summed E-state index contributed by atoms with van der Waals surface area (Å²) in [5, 5.41) is 7.93. The zero-order valence-corrected chi connectivity index (χ0v) is 13.3. The Bertz CT molecular complexity index is 642. The molecule has 1 unspecified atom stereocenters. The third-order valence-electron chi connectivity index (χ3n) is 3.50. The molecule has 1 N–H and O–H groups in total. The smallest absolute Gasteiger partial charge is 0.131 e. The van der Waals surface area contributed by atoms with Crippen LogP contribution in [0.3, 0.4) is 0 Å². The summed E-state index contributed by atoms with van der Waals surface area (Å²) in [6, 6.07) is 4.60. The molecule has 0 fully saturated rings. The largest absolute Gasteiger partial charge is 0.487 e. The van der Waals surface area contributed by atoms with Crippen molar-refractivity contribution in [3.8, 4) is 5.75 Å². The molecule has 0 spiro atoms. The first-order valence-electron chi connectivity index (χ1n) is 6.71. The lowest BCUT2D eigenvalue weighted by molar-refractivity contribution is 0.288. The predicted octanol–water partition coefficient (Wildman–Crippen LogP) is 3.38. The van der Waals surface area contributed by atoms with Gasteiger partial charge in [-0.2, -0.15) is 5.10 Å². The van der Waals surface area contributed by atoms with Crippen LogP contribution in [0.25, 0.3) is 0 Å². The third-order valence-corrected chi connectivity index (χ3v) is 3.99. The van der Waals surface area contributed by atoms with Crippen LogP contribution in [0.15, 0.2) is 18.2 Å². The van der Waals surface area contributed by atoms with Crippen molar-refractivity contribution in [3.05, 3.63) is 46.0 Å². The Morgan fingerprint density at radius 3 is 2.76 bits per heavy atom. The van der Waals surface area contributed by atoms with Gasteiger partial charge in [-0.3, -0.25) is 4.68 Å². The first-order valence-corrected chi connectivity index (χ1v) is 7.09. The molecular formula is C15H19ClFN3O. The monoisotopic (exact) mass is 311 g/mol. The minimum Gasteiger partial charge on any atom is -0.487 e. The zero-order chi connectivity index (χ0) is 15.6. The molecule has 114 valence electrons. The van der Waals surface area contributed by atoms with E-state index in [9.17, 15) is 4.39 Å². The third kappa shape index (κ3) is 3.36. The maximum absolute atomic E-state index is 13.5. The van der Waals surface area contributed by atoms with Gasteiger partial charge < -0.3 is 10.1 Å². The van der Waals surface area contributed by atoms with Crippen molar-refractivity contribution < 1.29 is 9.13 Å². The lowest BCUT2D eigenvalue weighted by Crippen LogP contribution is -2.14. The van der Waals surface area contributed by atoms with Gasteiger partial charge in [0.05, 0.1) is 16.4 Å². The second-order valence-electron chi connectivity index (χ2n) is 4.95. The van der Waals surface area contributed by atoms with Crippen LogP contribution in [0.1, 0.15) is 29.9 Å². The van der Waals surface area contributed by atoms with Crippen LogP contribution in [-0.2, 0) is 13.7 Å². The number of nitrogens with one attached hydrogen (secondary N) is 1. The molecule has 0 aliphatic carbocycles. The van der Waals surface area contributed by atoms with Crippen molar-refractivity contribution in [3.63, 3.8) is 0 Å². The summed E-state index contributed by atoms with van der Waals surface area (Å²) < 4.78 is 20.9. The molecular weight excluding hydrogens is 293 g/mol. The molecule has 1 heterocycles. The van der Waals surface area contributed by atoms with Gasteiger partial charge in [0.1, 0.15) is 18.2 Å². The summed E-state index contributed by atoms with van der Waals surface area (Å²) in [7, 11) is 3.65. The van der Waals surface area contributed by atoms with E-state index < -0.39 is 0 Å². The second-order valence-corrected chi connectivity index (χ2v) is 5.33. The van der Waals surface area contributed by atoms with Gasteiger partial charge in [-0.1, -0.05) is 17.7 Å². The van der Waals surface area contributed by atoms with E-state index in [4.69, 9.17) is 16.3 Å². The second kappa shape index (κ2) is 6.45. The topological polar surface area (TPSA) is 39.1 Å². The van der Waals surface area contributed by atoms with Gasteiger partial charge >= 0.3 is 0 Å². The van der Waals surface area contributed by atoms with E-state index >= 15 is 0 Å². The Balaban J connectivity index is 2.25. The molecule has 0 bridgehead atoms. The molecule has 1 aromatic carbocycles. The minimum absolute atomic E-state index is 0.0596. The number of halogens is 2. The molecule has 0 aliphatic heterocycles. The van der Waals surface area contributed by atoms with Gasteiger partial charge in [-0.15, -0.1) is 0 Å². The van der Waals surface area contributed by atoms with E-state index in [1.807, 2.05) is 20.9 Å². The number of ether oxygens (including phenoxy) is 1. The number of nitrogens with zero attached hydrogens (tertiary/aromatic N) is 2. The Morgan fingerprint density at radius 2 is 2.19 bits per heavy atom. The summed E-state index contributed by atoms with van der Waals surface area (Å²) >= 11 is 6.19. The summed E-state index contributed by atoms with van der Waals surface area (Å²) in [5.41, 5.74) is 2.41. The highest BCUT2D eigenvalue weighted by Gasteiger charge is 2.15. The molecule has 0 saturated carbocycles. The SMILES string of the molecule is CNC(C)c1ccc(F)cc1OCc1c(Cl)c(C)nn1C. The van der Waals surface area contributed by atoms with Gasteiger partial charge in [0.2, 0.25) is 0 Å². The van der Waals surface area contributed by atoms with E-state index in [1.54, 1.807) is 17.8 Å². The molecule has 1 aromatic heterocycles. The highest BCUT2D eigenvalue weighted by atomic mass is 35.5. The molecule has 0 amide bonds. The average molecular weight is 312 g/mol. The molecule has 2 aromatic rings. The lowest BCUT2D eigenvalue weighted by Gasteiger charge is -2.16. The predicted molar refractivity (Wildman–Crippen MR) is 81.2 cm³/mol. The van der Waals surface area contributed by atoms with E-state index in [1.165, 1.54) is 12.1 Å². The fourth-order valence-corrected chi connectivity index (χ4v) is 2.34. The number of hydrogen-bond acceptors (Lipinski definition) is 3. The van der Waals surface area contributed by atoms with Crippen molar-refractivity contribution in [2.45, 2.75) is 26.5 Å². The standard InChI is InChI=1S/C15H19ClFN3O/c1-9(18-3)12-6-5-11(17)7-14(12)21-8-13-15(16)10(2)19-20(13)4/h5-7,9,18H,8H2,1-4H3. The zero-order valence-electron chi connectivity index (χ0n) is 12.6. The first-order chi connectivity index (χ1) is 9.93. The Hall–Kier alpha value is -1.59. The van der Waals surface area contributed by atoms with E-state index in [2.05, 4.69) is 10.4 Å². The van der Waals surface area contributed by atoms with Crippen molar-refractivity contribution in [1.29, 1.82) is 0 Å². The van der Waals surface area contributed by atoms with E-state index in [-0.39, 0.29) is 18.5 Å². The van der Waals surface area contributed by atoms with Gasteiger partial charge in [-0.05, 0) is 27.0 Å². The number of aryl methyl sites for hydroxylation is 2. The summed E-state index contributed by atoms with van der Waals surface area (Å²) in [5.74, 6) is 0.177. The Labute approximate surface area is 128 Å². The van der Waals surface area contributed by atoms with Crippen molar-refractivity contribution >= 4 is 11.6 Å². The van der Waals surface area contributed by atoms with Crippen molar-refractivity contribution in [2.24, 2.45) is 7.05 Å². The minimum atomic E-state index is -0.329. The van der Waals surface area contributed by atoms with Crippen molar-refractivity contribution in [1.82, 2.24) is 15.1 Å². The summed E-state index contributed by atoms with van der Waals surface area (Å²) in [4.78, 5) is 0. The maximum Gasteiger partial charge on any atom is 0.131 e. The number of hydrogen-bond donors (Lipinski definition) is 1. The number of aromatic nitrogens is 2. The van der Waals surface area contributed by atoms with Crippen LogP contribution in [0, 0.1) is 12.7 Å². The molecule has 0 saturated heterocycles. The van der Waals surface area contributed by atoms with Gasteiger partial charge in [-0.25, -0.2) is 4.39 Å². The number of benzene rings is 1. The van der Waals surface area contributed by atoms with Crippen molar-refractivity contribution in [2.75, 3.05) is 7.05 Å². The lowest BCUT2D eigenvalue weighted by atomic mass is 10.1. The fourth-order valence-electron chi connectivity index (χ4n) is 2.13. The molecule has 0 aliphatic rings. The van der Waals surface area contributed by atoms with Gasteiger partial charge in [0, 0.05) is 24.7 Å². The molecule has 6 heteroatoms. The fraction of sp³-hybridized carbons (Fsp3) is 0.400. The maximum atomic E-state index is 13.5. The highest BCUT2D eigenvalue weighted by Crippen LogP contribution is 2.28. The van der Waals surface area contributed by atoms with Crippen LogP contribution in [0.4, 0.5) is 4.39 Å². The van der Waals surface area contributed by atoms with Crippen LogP contribution in [0.5, 0.6) is 5.75 Å². The van der Waals surface area contributed by atoms with Gasteiger partial charge in [0.15, 0.2) is 0 Å². The Morgan fingerprint density at radius 1 is 1.48 bits per heavy atom. The summed E-state index contributed by atoms with van der Waals surface area (Å²) in [6.45, 7) is 4.06. The van der Waals surface area contributed by atoms with E-state index in [0.717, 1.165) is 17.0 Å². The molecule has 0 radical (unpaired) electrons. The first kappa shape index (κ1) is 15.8. The average Bonchev–Trinajstić information content (AvgIpc) is 2.69. The quantitative estimate of drug-likeness (QED) is 0.920. The normalized spacial score (nSPS) is 12.5. The molecule has 21 heavy (non-hydrogen) atoms. The Kier molecular flexibility index (Phi) is 4.85. The number of rotatable bonds is 5. The van der Waals surface area contributed by atoms with Gasteiger partial charge in [0.25, 0.3) is 0 Å². The van der Waals surface area contributed by atoms with Crippen LogP contribution >= 0.6 is 11.6 Å². The van der Waals surface area contributed by atoms with Crippen LogP contribution in [0.2, 0.25) is 5.02 Å². The molecule has 1 atom stereocenters. The van der Waals surface area contributed by atoms with Crippen LogP contribution in [-0.4, -0.2) is 16.8 Å². The molecule has 4 nitrogen and oxygen atoms in total. The van der Waals surface area contributed by atoms with Crippen LogP contribution < -0.4 is 10.1 Å². The highest BCUT2D eigenvalue weighted by molar-refractivity contribution is 6.31.